The zero-order valence-corrected chi connectivity index (χ0v) is 12.8. The van der Waals surface area contributed by atoms with Crippen molar-refractivity contribution in [2.45, 2.75) is 13.8 Å². The highest BCUT2D eigenvalue weighted by atomic mass is 16.5. The van der Waals surface area contributed by atoms with Crippen molar-refractivity contribution in [2.75, 3.05) is 7.11 Å². The van der Waals surface area contributed by atoms with Crippen LogP contribution in [0.3, 0.4) is 0 Å². The maximum Gasteiger partial charge on any atom is 0.308 e. The Balaban J connectivity index is 2.41. The van der Waals surface area contributed by atoms with Gasteiger partial charge in [0.1, 0.15) is 33.8 Å². The molecule has 118 valence electrons. The largest absolute Gasteiger partial charge is 0.507 e. The predicted octanol–water partition coefficient (Wildman–Crippen LogP) is 2.89. The molecule has 1 N–H and O–H groups in total. The molecular weight excluding hydrogens is 300 g/mol. The number of methoxy groups -OCH3 is 1. The summed E-state index contributed by atoms with van der Waals surface area (Å²) in [6.07, 6.45) is 0. The molecule has 0 saturated carbocycles. The minimum Gasteiger partial charge on any atom is -0.507 e. The molecule has 0 radical (unpaired) electrons. The van der Waals surface area contributed by atoms with Gasteiger partial charge in [-0.25, -0.2) is 0 Å². The molecule has 0 fully saturated rings. The molecule has 0 bridgehead atoms. The molecule has 1 heterocycles. The Labute approximate surface area is 130 Å². The summed E-state index contributed by atoms with van der Waals surface area (Å²) in [5, 5.41) is 10.4. The number of aryl methyl sites for hydroxylation is 1. The van der Waals surface area contributed by atoms with Gasteiger partial charge in [-0.2, -0.15) is 0 Å². The third-order valence-electron chi connectivity index (χ3n) is 3.58. The minimum atomic E-state index is -0.463. The second-order valence-electron chi connectivity index (χ2n) is 5.11. The number of fused-ring (bicyclic) bond motifs is 2. The van der Waals surface area contributed by atoms with Gasteiger partial charge in [0.25, 0.3) is 0 Å². The molecule has 2 aromatic carbocycles. The fraction of sp³-hybridized carbons (Fsp3) is 0.176. The first-order chi connectivity index (χ1) is 10.9. The third kappa shape index (κ3) is 2.38. The van der Waals surface area contributed by atoms with E-state index in [4.69, 9.17) is 13.9 Å². The maximum atomic E-state index is 12.6. The summed E-state index contributed by atoms with van der Waals surface area (Å²) in [5.41, 5.74) is 0.661. The lowest BCUT2D eigenvalue weighted by Gasteiger charge is -2.10. The number of aromatic hydroxyl groups is 1. The van der Waals surface area contributed by atoms with Crippen molar-refractivity contribution in [3.8, 4) is 17.2 Å². The van der Waals surface area contributed by atoms with E-state index in [0.717, 1.165) is 0 Å². The molecule has 0 aliphatic heterocycles. The number of phenols is 1. The highest BCUT2D eigenvalue weighted by Gasteiger charge is 2.17. The van der Waals surface area contributed by atoms with Gasteiger partial charge in [0, 0.05) is 24.6 Å². The van der Waals surface area contributed by atoms with Gasteiger partial charge in [-0.15, -0.1) is 0 Å². The summed E-state index contributed by atoms with van der Waals surface area (Å²) in [7, 11) is 1.45. The number of phenolic OH excluding ortho intramolecular Hbond substituents is 1. The molecule has 0 amide bonds. The highest BCUT2D eigenvalue weighted by Crippen LogP contribution is 2.33. The van der Waals surface area contributed by atoms with E-state index in [1.54, 1.807) is 6.92 Å². The Hall–Kier alpha value is -3.02. The van der Waals surface area contributed by atoms with Crippen LogP contribution in [-0.4, -0.2) is 18.2 Å². The topological polar surface area (TPSA) is 86.0 Å². The van der Waals surface area contributed by atoms with E-state index in [-0.39, 0.29) is 22.1 Å². The van der Waals surface area contributed by atoms with Crippen molar-refractivity contribution in [3.05, 3.63) is 40.1 Å². The van der Waals surface area contributed by atoms with Crippen LogP contribution < -0.4 is 14.9 Å². The quantitative estimate of drug-likeness (QED) is 0.445. The van der Waals surface area contributed by atoms with Crippen molar-refractivity contribution >= 4 is 27.9 Å². The molecule has 3 aromatic rings. The number of esters is 1. The molecule has 0 unspecified atom stereocenters. The molecule has 1 aromatic heterocycles. The van der Waals surface area contributed by atoms with Crippen LogP contribution in [0.1, 0.15) is 12.5 Å². The average molecular weight is 314 g/mol. The van der Waals surface area contributed by atoms with Crippen LogP contribution in [0.15, 0.2) is 33.5 Å². The molecule has 3 rings (SSSR count). The van der Waals surface area contributed by atoms with Gasteiger partial charge in [0.2, 0.25) is 5.43 Å². The van der Waals surface area contributed by atoms with Crippen molar-refractivity contribution in [3.63, 3.8) is 0 Å². The van der Waals surface area contributed by atoms with E-state index in [1.807, 2.05) is 0 Å². The van der Waals surface area contributed by atoms with Crippen LogP contribution in [0.5, 0.6) is 17.2 Å². The smallest absolute Gasteiger partial charge is 0.308 e. The fourth-order valence-corrected chi connectivity index (χ4v) is 2.50. The lowest BCUT2D eigenvalue weighted by molar-refractivity contribution is -0.131. The number of ether oxygens (including phenoxy) is 2. The van der Waals surface area contributed by atoms with Crippen molar-refractivity contribution in [2.24, 2.45) is 0 Å². The van der Waals surface area contributed by atoms with E-state index in [1.165, 1.54) is 38.3 Å². The standard InChI is InChI=1S/C17H14O6/c1-8-13(22-9(2)18)5-4-11-16(20)15-12(19)6-10(21-3)7-14(15)23-17(8)11/h4-7,19H,1-3H3. The number of carbonyl (C=O) groups is 1. The fourth-order valence-electron chi connectivity index (χ4n) is 2.50. The summed E-state index contributed by atoms with van der Waals surface area (Å²) >= 11 is 0. The van der Waals surface area contributed by atoms with Crippen molar-refractivity contribution < 1.29 is 23.8 Å². The molecule has 0 aliphatic rings. The van der Waals surface area contributed by atoms with Gasteiger partial charge in [0.15, 0.2) is 0 Å². The van der Waals surface area contributed by atoms with Gasteiger partial charge in [-0.1, -0.05) is 0 Å². The maximum absolute atomic E-state index is 12.6. The summed E-state index contributed by atoms with van der Waals surface area (Å²) in [6, 6.07) is 5.91. The monoisotopic (exact) mass is 314 g/mol. The van der Waals surface area contributed by atoms with E-state index in [9.17, 15) is 14.7 Å². The molecule has 0 saturated heterocycles. The van der Waals surface area contributed by atoms with Crippen LogP contribution in [0.25, 0.3) is 21.9 Å². The van der Waals surface area contributed by atoms with Crippen LogP contribution in [-0.2, 0) is 4.79 Å². The average Bonchev–Trinajstić information content (AvgIpc) is 2.49. The second kappa shape index (κ2) is 5.31. The second-order valence-corrected chi connectivity index (χ2v) is 5.11. The number of benzene rings is 2. The lowest BCUT2D eigenvalue weighted by Crippen LogP contribution is -2.06. The zero-order chi connectivity index (χ0) is 16.7. The molecule has 0 atom stereocenters. The van der Waals surface area contributed by atoms with E-state index in [2.05, 4.69) is 0 Å². The van der Waals surface area contributed by atoms with Crippen molar-refractivity contribution in [1.29, 1.82) is 0 Å². The van der Waals surface area contributed by atoms with Gasteiger partial charge in [-0.05, 0) is 19.1 Å². The SMILES string of the molecule is COc1cc(O)c2c(=O)c3ccc(OC(C)=O)c(C)c3oc2c1. The summed E-state index contributed by atoms with van der Waals surface area (Å²) < 4.78 is 15.9. The third-order valence-corrected chi connectivity index (χ3v) is 3.58. The minimum absolute atomic E-state index is 0.0814. The Kier molecular flexibility index (Phi) is 3.44. The highest BCUT2D eigenvalue weighted by molar-refractivity contribution is 5.95. The van der Waals surface area contributed by atoms with Gasteiger partial charge >= 0.3 is 5.97 Å². The molecule has 0 spiro atoms. The molecule has 23 heavy (non-hydrogen) atoms. The van der Waals surface area contributed by atoms with Crippen LogP contribution in [0, 0.1) is 6.92 Å². The van der Waals surface area contributed by atoms with Gasteiger partial charge < -0.3 is 19.0 Å². The first-order valence-corrected chi connectivity index (χ1v) is 6.88. The molecule has 6 nitrogen and oxygen atoms in total. The van der Waals surface area contributed by atoms with E-state index < -0.39 is 5.97 Å². The Bertz CT molecular complexity index is 1000. The summed E-state index contributed by atoms with van der Waals surface area (Å²) in [6.45, 7) is 2.98. The van der Waals surface area contributed by atoms with Crippen molar-refractivity contribution in [1.82, 2.24) is 0 Å². The number of hydrogen-bond donors (Lipinski definition) is 1. The first kappa shape index (κ1) is 14.9. The molecular formula is C17H14O6. The summed E-state index contributed by atoms with van der Waals surface area (Å²) in [4.78, 5) is 23.8. The Morgan fingerprint density at radius 2 is 2.00 bits per heavy atom. The first-order valence-electron chi connectivity index (χ1n) is 6.88. The molecule has 0 aliphatic carbocycles. The normalized spacial score (nSPS) is 10.9. The van der Waals surface area contributed by atoms with E-state index >= 15 is 0 Å². The van der Waals surface area contributed by atoms with Crippen LogP contribution >= 0.6 is 0 Å². The number of hydrogen-bond acceptors (Lipinski definition) is 6. The van der Waals surface area contributed by atoms with Crippen LogP contribution in [0.4, 0.5) is 0 Å². The number of carbonyl (C=O) groups excluding carboxylic acids is 1. The summed E-state index contributed by atoms with van der Waals surface area (Å²) in [5.74, 6) is 0.0116. The molecule has 6 heteroatoms. The Morgan fingerprint density at radius 1 is 1.26 bits per heavy atom. The zero-order valence-electron chi connectivity index (χ0n) is 12.8. The Morgan fingerprint density at radius 3 is 2.65 bits per heavy atom. The van der Waals surface area contributed by atoms with Gasteiger partial charge in [-0.3, -0.25) is 9.59 Å². The number of rotatable bonds is 2. The van der Waals surface area contributed by atoms with Gasteiger partial charge in [0.05, 0.1) is 12.5 Å². The van der Waals surface area contributed by atoms with E-state index in [0.29, 0.717) is 28.0 Å². The predicted molar refractivity (Wildman–Crippen MR) is 84.3 cm³/mol. The lowest BCUT2D eigenvalue weighted by atomic mass is 10.1. The van der Waals surface area contributed by atoms with Crippen LogP contribution in [0.2, 0.25) is 0 Å².